The lowest BCUT2D eigenvalue weighted by molar-refractivity contribution is 0.416. The monoisotopic (exact) mass is 311 g/mol. The largest absolute Gasteiger partial charge is 0.496 e. The van der Waals surface area contributed by atoms with Crippen LogP contribution in [-0.4, -0.2) is 12.1 Å². The molecular weight excluding hydrogens is 298 g/mol. The van der Waals surface area contributed by atoms with Crippen LogP contribution in [0.2, 0.25) is 0 Å². The Morgan fingerprint density at radius 2 is 2.24 bits per heavy atom. The van der Waals surface area contributed by atoms with Gasteiger partial charge in [-0.15, -0.1) is 11.3 Å². The van der Waals surface area contributed by atoms with Crippen molar-refractivity contribution in [3.63, 3.8) is 0 Å². The smallest absolute Gasteiger partial charge is 0.128 e. The molecule has 0 unspecified atom stereocenters. The van der Waals surface area contributed by atoms with E-state index in [1.54, 1.807) is 18.4 Å². The van der Waals surface area contributed by atoms with Gasteiger partial charge in [0.1, 0.15) is 10.8 Å². The van der Waals surface area contributed by atoms with Crippen molar-refractivity contribution in [3.8, 4) is 17.0 Å². The molecule has 0 bridgehead atoms. The van der Waals surface area contributed by atoms with Crippen molar-refractivity contribution >= 4 is 27.3 Å². The van der Waals surface area contributed by atoms with Crippen LogP contribution in [0.25, 0.3) is 11.3 Å². The van der Waals surface area contributed by atoms with E-state index in [1.807, 2.05) is 6.07 Å². The van der Waals surface area contributed by atoms with Crippen LogP contribution in [0.1, 0.15) is 17.5 Å². The van der Waals surface area contributed by atoms with Gasteiger partial charge in [-0.2, -0.15) is 0 Å². The molecule has 0 aliphatic carbocycles. The first kappa shape index (κ1) is 12.6. The molecule has 1 aromatic carbocycles. The first-order chi connectivity index (χ1) is 8.28. The molecular formula is C13H14BrNOS. The molecule has 0 fully saturated rings. The summed E-state index contributed by atoms with van der Waals surface area (Å²) in [7, 11) is 1.70. The van der Waals surface area contributed by atoms with Gasteiger partial charge in [0, 0.05) is 10.9 Å². The number of benzene rings is 1. The second-order valence-corrected chi connectivity index (χ2v) is 5.15. The molecule has 0 aliphatic rings. The first-order valence-corrected chi connectivity index (χ1v) is 7.46. The predicted octanol–water partition coefficient (Wildman–Crippen LogP) is 4.28. The van der Waals surface area contributed by atoms with E-state index in [2.05, 4.69) is 45.4 Å². The summed E-state index contributed by atoms with van der Waals surface area (Å²) in [5.74, 6) is 0.883. The van der Waals surface area contributed by atoms with E-state index in [9.17, 15) is 0 Å². The van der Waals surface area contributed by atoms with Crippen molar-refractivity contribution in [2.24, 2.45) is 0 Å². The molecule has 0 saturated heterocycles. The summed E-state index contributed by atoms with van der Waals surface area (Å²) in [6.45, 7) is 2.15. The van der Waals surface area contributed by atoms with Crippen LogP contribution in [0.3, 0.4) is 0 Å². The summed E-state index contributed by atoms with van der Waals surface area (Å²) >= 11 is 5.09. The predicted molar refractivity (Wildman–Crippen MR) is 76.1 cm³/mol. The summed E-state index contributed by atoms with van der Waals surface area (Å²) < 4.78 is 5.40. The molecule has 0 radical (unpaired) electrons. The van der Waals surface area contributed by atoms with Crippen LogP contribution in [-0.2, 0) is 11.8 Å². The Hall–Kier alpha value is -0.870. The number of ether oxygens (including phenoxy) is 1. The Balaban J connectivity index is 2.47. The normalized spacial score (nSPS) is 10.5. The van der Waals surface area contributed by atoms with Gasteiger partial charge in [0.25, 0.3) is 0 Å². The summed E-state index contributed by atoms with van der Waals surface area (Å²) in [5, 5.41) is 3.96. The van der Waals surface area contributed by atoms with Crippen LogP contribution in [0.4, 0.5) is 0 Å². The number of nitrogens with zero attached hydrogens (tertiary/aromatic N) is 1. The van der Waals surface area contributed by atoms with Gasteiger partial charge in [-0.1, -0.05) is 28.9 Å². The lowest BCUT2D eigenvalue weighted by Crippen LogP contribution is -1.90. The number of halogens is 1. The fraction of sp³-hybridized carbons (Fsp3) is 0.308. The lowest BCUT2D eigenvalue weighted by atomic mass is 10.1. The van der Waals surface area contributed by atoms with E-state index in [4.69, 9.17) is 4.74 Å². The van der Waals surface area contributed by atoms with Gasteiger partial charge in [0.15, 0.2) is 0 Å². The van der Waals surface area contributed by atoms with E-state index in [1.165, 1.54) is 5.56 Å². The van der Waals surface area contributed by atoms with Gasteiger partial charge in [0.2, 0.25) is 0 Å². The molecule has 0 aliphatic heterocycles. The maximum Gasteiger partial charge on any atom is 0.128 e. The van der Waals surface area contributed by atoms with E-state index in [-0.39, 0.29) is 0 Å². The Kier molecular flexibility index (Phi) is 4.18. The maximum atomic E-state index is 5.40. The Labute approximate surface area is 114 Å². The number of alkyl halides is 1. The summed E-state index contributed by atoms with van der Waals surface area (Å²) in [6.07, 6.45) is 1.02. The summed E-state index contributed by atoms with van der Waals surface area (Å²) in [6, 6.07) is 6.27. The summed E-state index contributed by atoms with van der Waals surface area (Å²) in [4.78, 5) is 4.57. The van der Waals surface area contributed by atoms with E-state index >= 15 is 0 Å². The van der Waals surface area contributed by atoms with Gasteiger partial charge < -0.3 is 4.74 Å². The van der Waals surface area contributed by atoms with Crippen LogP contribution >= 0.6 is 27.3 Å². The van der Waals surface area contributed by atoms with Crippen molar-refractivity contribution in [3.05, 3.63) is 34.2 Å². The number of hydrogen-bond acceptors (Lipinski definition) is 3. The van der Waals surface area contributed by atoms with Crippen molar-refractivity contribution < 1.29 is 4.74 Å². The number of aromatic nitrogens is 1. The molecule has 1 heterocycles. The zero-order valence-corrected chi connectivity index (χ0v) is 12.3. The van der Waals surface area contributed by atoms with Gasteiger partial charge >= 0.3 is 0 Å². The molecule has 2 nitrogen and oxygen atoms in total. The second-order valence-electron chi connectivity index (χ2n) is 3.65. The molecule has 17 heavy (non-hydrogen) atoms. The Morgan fingerprint density at radius 1 is 1.41 bits per heavy atom. The fourth-order valence-corrected chi connectivity index (χ4v) is 2.83. The zero-order chi connectivity index (χ0) is 12.3. The Morgan fingerprint density at radius 3 is 2.82 bits per heavy atom. The number of aryl methyl sites for hydroxylation is 1. The number of thiazole rings is 1. The fourth-order valence-electron chi connectivity index (χ4n) is 1.67. The maximum absolute atomic E-state index is 5.40. The molecule has 0 atom stereocenters. The molecule has 0 spiro atoms. The van der Waals surface area contributed by atoms with Crippen molar-refractivity contribution in [2.45, 2.75) is 18.7 Å². The standard InChI is InChI=1S/C13H14BrNOS/c1-3-9-4-5-12(16-2)10(6-9)11-8-17-13(7-14)15-11/h4-6,8H,3,7H2,1-2H3. The molecule has 0 saturated carbocycles. The highest BCUT2D eigenvalue weighted by molar-refractivity contribution is 9.08. The van der Waals surface area contributed by atoms with E-state index < -0.39 is 0 Å². The van der Waals surface area contributed by atoms with Crippen LogP contribution < -0.4 is 4.74 Å². The minimum atomic E-state index is 0.799. The topological polar surface area (TPSA) is 22.1 Å². The van der Waals surface area contributed by atoms with Crippen molar-refractivity contribution in [1.82, 2.24) is 4.98 Å². The minimum Gasteiger partial charge on any atom is -0.496 e. The van der Waals surface area contributed by atoms with Crippen LogP contribution in [0.15, 0.2) is 23.6 Å². The van der Waals surface area contributed by atoms with Gasteiger partial charge in [-0.3, -0.25) is 0 Å². The average molecular weight is 312 g/mol. The third-order valence-electron chi connectivity index (χ3n) is 2.61. The minimum absolute atomic E-state index is 0.799. The molecule has 4 heteroatoms. The molecule has 2 rings (SSSR count). The number of hydrogen-bond donors (Lipinski definition) is 0. The van der Waals surface area contributed by atoms with Gasteiger partial charge in [0.05, 0.1) is 18.1 Å². The van der Waals surface area contributed by atoms with E-state index in [0.717, 1.165) is 33.8 Å². The molecule has 1 aromatic heterocycles. The second kappa shape index (κ2) is 5.65. The third kappa shape index (κ3) is 2.69. The quantitative estimate of drug-likeness (QED) is 0.786. The highest BCUT2D eigenvalue weighted by Gasteiger charge is 2.10. The van der Waals surface area contributed by atoms with Crippen LogP contribution in [0.5, 0.6) is 5.75 Å². The number of rotatable bonds is 4. The van der Waals surface area contributed by atoms with Gasteiger partial charge in [-0.05, 0) is 24.1 Å². The van der Waals surface area contributed by atoms with Crippen molar-refractivity contribution in [2.75, 3.05) is 7.11 Å². The first-order valence-electron chi connectivity index (χ1n) is 5.46. The molecule has 90 valence electrons. The van der Waals surface area contributed by atoms with Crippen LogP contribution in [0, 0.1) is 0 Å². The SMILES string of the molecule is CCc1ccc(OC)c(-c2csc(CBr)n2)c1. The van der Waals surface area contributed by atoms with Gasteiger partial charge in [-0.25, -0.2) is 4.98 Å². The third-order valence-corrected chi connectivity index (χ3v) is 4.37. The Bertz CT molecular complexity index is 510. The zero-order valence-electron chi connectivity index (χ0n) is 9.87. The average Bonchev–Trinajstić information content (AvgIpc) is 2.86. The lowest BCUT2D eigenvalue weighted by Gasteiger charge is -2.08. The molecule has 0 N–H and O–H groups in total. The van der Waals surface area contributed by atoms with Crippen molar-refractivity contribution in [1.29, 1.82) is 0 Å². The highest BCUT2D eigenvalue weighted by Crippen LogP contribution is 2.32. The van der Waals surface area contributed by atoms with E-state index in [0.29, 0.717) is 0 Å². The number of methoxy groups -OCH3 is 1. The molecule has 0 amide bonds. The highest BCUT2D eigenvalue weighted by atomic mass is 79.9. The molecule has 2 aromatic rings. The summed E-state index contributed by atoms with van der Waals surface area (Å²) in [5.41, 5.74) is 3.38.